The summed E-state index contributed by atoms with van der Waals surface area (Å²) in [6, 6.07) is 197. The van der Waals surface area contributed by atoms with E-state index >= 15 is 0 Å². The van der Waals surface area contributed by atoms with Crippen molar-refractivity contribution in [2.75, 3.05) is 0 Å². The molecule has 31 rings (SSSR count). The molecule has 0 radical (unpaired) electrons. The van der Waals surface area contributed by atoms with Gasteiger partial charge in [-0.1, -0.05) is 467 Å². The van der Waals surface area contributed by atoms with E-state index < -0.39 is 0 Å². The first-order valence-electron chi connectivity index (χ1n) is 50.6. The highest BCUT2D eigenvalue weighted by Crippen LogP contribution is 2.55. The zero-order valence-electron chi connectivity index (χ0n) is 80.0. The summed E-state index contributed by atoms with van der Waals surface area (Å²) in [5, 5.41) is 38.7. The first-order valence-corrected chi connectivity index (χ1v) is 53.1. The molecule has 0 aliphatic carbocycles. The van der Waals surface area contributed by atoms with Crippen molar-refractivity contribution in [1.29, 1.82) is 0 Å². The van der Waals surface area contributed by atoms with Gasteiger partial charge in [0.05, 0.1) is 0 Å². The van der Waals surface area contributed by atoms with Gasteiger partial charge in [0.25, 0.3) is 0 Å². The summed E-state index contributed by atoms with van der Waals surface area (Å²) in [5.74, 6) is 0. The summed E-state index contributed by atoms with van der Waals surface area (Å²) in [5.41, 5.74) is 25.4. The second-order valence-electron chi connectivity index (χ2n) is 38.7. The Kier molecular flexibility index (Phi) is 20.7. The Hall–Kier alpha value is -18.1. The van der Waals surface area contributed by atoms with Gasteiger partial charge in [-0.25, -0.2) is 0 Å². The van der Waals surface area contributed by atoms with E-state index in [2.05, 4.69) is 534 Å². The van der Waals surface area contributed by atoms with Gasteiger partial charge in [-0.2, -0.15) is 0 Å². The van der Waals surface area contributed by atoms with E-state index in [1.807, 2.05) is 34.0 Å². The van der Waals surface area contributed by atoms with Gasteiger partial charge in [0, 0.05) is 66.1 Å². The number of rotatable bonds is 10. The van der Waals surface area contributed by atoms with Gasteiger partial charge in [-0.3, -0.25) is 0 Å². The lowest BCUT2D eigenvalue weighted by Crippen LogP contribution is -1.92. The molecule has 0 unspecified atom stereocenters. The highest BCUT2D eigenvalue weighted by atomic mass is 32.1. The SMILES string of the molecule is c1ccc(-c2c3ccccc3c(-c3ccc4sc5ccc(-c6cc7ccccc7c7ccccc67)cc5c4c3)c3ccccc23)cc1.c1ccc(-c2c3ccccc3c(-c3ccc4sc5cccc(-c6cccc7c6ccc6ccccc67)c5c4c3)c3ccccc23)cc1.c1ccc(-c2ccc(-c3cc(-c4c5ccccc5c(-c5cccc6ccccc56)c5ccccc45)cc4c3sc3ccccc34)c3ccccc23)cc1. The Morgan fingerprint density at radius 2 is 0.415 bits per heavy atom. The summed E-state index contributed by atoms with van der Waals surface area (Å²) in [4.78, 5) is 0. The fourth-order valence-corrected chi connectivity index (χ4v) is 27.7. The van der Waals surface area contributed by atoms with Gasteiger partial charge in [0.1, 0.15) is 0 Å². The molecule has 682 valence electrons. The molecule has 0 spiro atoms. The molecule has 0 aliphatic heterocycles. The smallest absolute Gasteiger partial charge is 0.0434 e. The van der Waals surface area contributed by atoms with Crippen LogP contribution in [0.1, 0.15) is 0 Å². The Bertz CT molecular complexity index is 10700. The normalized spacial score (nSPS) is 11.8. The number of benzene rings is 28. The fourth-order valence-electron chi connectivity index (χ4n) is 24.3. The number of hydrogen-bond donors (Lipinski definition) is 0. The van der Waals surface area contributed by atoms with E-state index in [-0.39, 0.29) is 0 Å². The fraction of sp³-hybridized carbons (Fsp3) is 0. The molecule has 28 aromatic carbocycles. The third-order valence-corrected chi connectivity index (χ3v) is 34.2. The van der Waals surface area contributed by atoms with Gasteiger partial charge in [-0.05, 0) is 302 Å². The van der Waals surface area contributed by atoms with E-state index in [0.29, 0.717) is 0 Å². The molecular formula is C144H88S3. The molecular weight excluding hydrogens is 1830 g/mol. The lowest BCUT2D eigenvalue weighted by Gasteiger charge is -2.20. The van der Waals surface area contributed by atoms with Crippen LogP contribution in [-0.2, 0) is 0 Å². The monoisotopic (exact) mass is 1910 g/mol. The summed E-state index contributed by atoms with van der Waals surface area (Å²) < 4.78 is 7.91. The van der Waals surface area contributed by atoms with Crippen molar-refractivity contribution in [1.82, 2.24) is 0 Å². The maximum Gasteiger partial charge on any atom is 0.0434 e. The summed E-state index contributed by atoms with van der Waals surface area (Å²) >= 11 is 5.68. The third-order valence-electron chi connectivity index (χ3n) is 30.7. The summed E-state index contributed by atoms with van der Waals surface area (Å²) in [6.07, 6.45) is 0. The quantitative estimate of drug-likeness (QED) is 0.0946. The van der Waals surface area contributed by atoms with E-state index in [4.69, 9.17) is 0 Å². The zero-order valence-corrected chi connectivity index (χ0v) is 82.5. The lowest BCUT2D eigenvalue weighted by atomic mass is 9.83. The van der Waals surface area contributed by atoms with Crippen LogP contribution in [0.3, 0.4) is 0 Å². The molecule has 3 aromatic heterocycles. The second kappa shape index (κ2) is 35.5. The van der Waals surface area contributed by atoms with Crippen LogP contribution in [0, 0.1) is 0 Å². The maximum atomic E-state index is 2.48. The zero-order chi connectivity index (χ0) is 96.7. The number of thiophene rings is 3. The molecule has 3 heterocycles. The topological polar surface area (TPSA) is 0 Å². The molecule has 0 amide bonds. The largest absolute Gasteiger partial charge is 0.135 e. The van der Waals surface area contributed by atoms with Gasteiger partial charge in [-0.15, -0.1) is 34.0 Å². The minimum atomic E-state index is 1.24. The first-order chi connectivity index (χ1) is 73.0. The Morgan fingerprint density at radius 3 is 0.959 bits per heavy atom. The molecule has 147 heavy (non-hydrogen) atoms. The van der Waals surface area contributed by atoms with Crippen molar-refractivity contribution >= 4 is 224 Å². The van der Waals surface area contributed by atoms with Crippen molar-refractivity contribution in [2.24, 2.45) is 0 Å². The van der Waals surface area contributed by atoms with Gasteiger partial charge in [0.15, 0.2) is 0 Å². The van der Waals surface area contributed by atoms with Crippen LogP contribution in [0.25, 0.3) is 301 Å². The van der Waals surface area contributed by atoms with Crippen LogP contribution < -0.4 is 0 Å². The molecule has 0 bridgehead atoms. The highest BCUT2D eigenvalue weighted by molar-refractivity contribution is 7.27. The second-order valence-corrected chi connectivity index (χ2v) is 42.0. The maximum absolute atomic E-state index is 2.48. The van der Waals surface area contributed by atoms with Crippen LogP contribution in [0.2, 0.25) is 0 Å². The van der Waals surface area contributed by atoms with Crippen molar-refractivity contribution in [3.8, 4) is 111 Å². The van der Waals surface area contributed by atoms with Crippen molar-refractivity contribution in [3.05, 3.63) is 534 Å². The molecule has 0 nitrogen and oxygen atoms in total. The molecule has 0 saturated carbocycles. The molecule has 0 aliphatic rings. The highest BCUT2D eigenvalue weighted by Gasteiger charge is 2.27. The summed E-state index contributed by atoms with van der Waals surface area (Å²) in [7, 11) is 0. The van der Waals surface area contributed by atoms with Crippen molar-refractivity contribution in [3.63, 3.8) is 0 Å². The molecule has 0 saturated heterocycles. The number of fused-ring (bicyclic) bond motifs is 23. The van der Waals surface area contributed by atoms with Crippen LogP contribution in [0.4, 0.5) is 0 Å². The minimum absolute atomic E-state index is 1.24. The van der Waals surface area contributed by atoms with Gasteiger partial charge < -0.3 is 0 Å². The lowest BCUT2D eigenvalue weighted by molar-refractivity contribution is 1.64. The van der Waals surface area contributed by atoms with E-state index in [1.165, 1.54) is 301 Å². The average Bonchev–Trinajstić information content (AvgIpc) is 1.62. The van der Waals surface area contributed by atoms with Crippen molar-refractivity contribution < 1.29 is 0 Å². The Balaban J connectivity index is 0.000000104. The molecule has 0 atom stereocenters. The molecule has 31 aromatic rings. The Morgan fingerprint density at radius 1 is 0.102 bits per heavy atom. The number of hydrogen-bond acceptors (Lipinski definition) is 3. The third kappa shape index (κ3) is 14.3. The first kappa shape index (κ1) is 85.7. The van der Waals surface area contributed by atoms with Crippen LogP contribution in [0.5, 0.6) is 0 Å². The minimum Gasteiger partial charge on any atom is -0.135 e. The standard InChI is InChI=1S/C52H32S.2C46H28S/c1-2-15-33(16-3-1)37-29-30-40(39-21-7-6-20-38(37)39)47-31-35(32-48-41-22-12-13-28-49(41)53-52(47)48)50-43-23-8-10-25-45(43)51(46-26-11-9-24-44(46)50)42-27-14-18-34-17-4-5-19-36(34)42;1-2-13-30(14-3-1)44-37-16-6-8-18-39(37)45(40-19-9-7-17-38(40)44)31-25-27-42-41(28-31)46-36(22-11-23-43(46)47-42)34-21-10-20-33-32-15-5-4-12-29(32)24-26-35(33)34;1-2-12-29(13-3-1)45-36-18-8-10-20-38(36)46(39-21-11-9-19-37(39)45)32-23-25-44-42(28-32)41-27-31(22-24-43(41)47-44)40-26-30-14-4-5-15-33(30)34-16-6-7-17-35(34)40/h1-32H;2*1-28H. The molecule has 0 N–H and O–H groups in total. The Labute approximate surface area is 861 Å². The van der Waals surface area contributed by atoms with E-state index in [0.717, 1.165) is 0 Å². The van der Waals surface area contributed by atoms with Gasteiger partial charge in [0.2, 0.25) is 0 Å². The van der Waals surface area contributed by atoms with Crippen LogP contribution in [-0.4, -0.2) is 0 Å². The van der Waals surface area contributed by atoms with Crippen LogP contribution in [0.15, 0.2) is 534 Å². The average molecular weight is 1910 g/mol. The van der Waals surface area contributed by atoms with Gasteiger partial charge >= 0.3 is 0 Å². The van der Waals surface area contributed by atoms with E-state index in [9.17, 15) is 0 Å². The predicted molar refractivity (Wildman–Crippen MR) is 642 cm³/mol. The predicted octanol–water partition coefficient (Wildman–Crippen LogP) is 42.7. The van der Waals surface area contributed by atoms with Crippen LogP contribution >= 0.6 is 34.0 Å². The molecule has 3 heteroatoms. The summed E-state index contributed by atoms with van der Waals surface area (Å²) in [6.45, 7) is 0. The van der Waals surface area contributed by atoms with Crippen molar-refractivity contribution in [2.45, 2.75) is 0 Å². The van der Waals surface area contributed by atoms with E-state index in [1.54, 1.807) is 0 Å². The molecule has 0 fully saturated rings.